The Kier molecular flexibility index (Phi) is 3.88. The van der Waals surface area contributed by atoms with Gasteiger partial charge >= 0.3 is 0 Å². The molecule has 0 aliphatic heterocycles. The molecule has 2 aromatic heterocycles. The van der Waals surface area contributed by atoms with Gasteiger partial charge in [0.2, 0.25) is 5.82 Å². The minimum atomic E-state index is -1.33. The molecule has 0 fully saturated rings. The molecule has 1 aromatic carbocycles. The van der Waals surface area contributed by atoms with Gasteiger partial charge in [0.15, 0.2) is 17.3 Å². The molecule has 3 aromatic rings. The van der Waals surface area contributed by atoms with Crippen LogP contribution in [-0.4, -0.2) is 10.1 Å². The van der Waals surface area contributed by atoms with Crippen LogP contribution in [0.3, 0.4) is 0 Å². The molecule has 0 aliphatic rings. The minimum absolute atomic E-state index is 0.215. The van der Waals surface area contributed by atoms with Crippen LogP contribution >= 0.6 is 0 Å². The predicted octanol–water partition coefficient (Wildman–Crippen LogP) is 3.32. The maximum atomic E-state index is 13.6. The second-order valence-corrected chi connectivity index (χ2v) is 4.60. The lowest BCUT2D eigenvalue weighted by atomic mass is 10.1. The van der Waals surface area contributed by atoms with Crippen LogP contribution < -0.4 is 10.5 Å². The largest absolute Gasteiger partial charge is 0.485 e. The first-order chi connectivity index (χ1) is 11.1. The van der Waals surface area contributed by atoms with Crippen molar-refractivity contribution >= 4 is 5.82 Å². The molecule has 118 valence electrons. The summed E-state index contributed by atoms with van der Waals surface area (Å²) in [6, 6.07) is 4.50. The van der Waals surface area contributed by atoms with E-state index in [1.165, 1.54) is 12.4 Å². The van der Waals surface area contributed by atoms with Gasteiger partial charge in [-0.3, -0.25) is 0 Å². The predicted molar refractivity (Wildman–Crippen MR) is 74.8 cm³/mol. The van der Waals surface area contributed by atoms with Crippen molar-refractivity contribution in [3.8, 4) is 17.1 Å². The zero-order valence-electron chi connectivity index (χ0n) is 11.6. The number of nitrogens with zero attached hydrogens (tertiary/aromatic N) is 2. The maximum absolute atomic E-state index is 13.6. The first kappa shape index (κ1) is 14.9. The zero-order valence-corrected chi connectivity index (χ0v) is 11.6. The second-order valence-electron chi connectivity index (χ2n) is 4.60. The van der Waals surface area contributed by atoms with Crippen molar-refractivity contribution in [3.63, 3.8) is 0 Å². The molecule has 0 atom stereocenters. The number of halogens is 3. The van der Waals surface area contributed by atoms with Crippen LogP contribution in [0.15, 0.2) is 41.2 Å². The normalized spacial score (nSPS) is 10.7. The Hall–Kier alpha value is -3.03. The smallest absolute Gasteiger partial charge is 0.200 e. The van der Waals surface area contributed by atoms with Gasteiger partial charge in [-0.05, 0) is 12.1 Å². The van der Waals surface area contributed by atoms with Gasteiger partial charge in [0.25, 0.3) is 0 Å². The lowest BCUT2D eigenvalue weighted by molar-refractivity contribution is 0.282. The SMILES string of the molecule is Nc1ncccc1-c1oncc1COc1cc(F)cc(F)c1F. The molecule has 0 spiro atoms. The van der Waals surface area contributed by atoms with E-state index in [0.717, 1.165) is 6.07 Å². The van der Waals surface area contributed by atoms with Crippen LogP contribution in [0.5, 0.6) is 5.75 Å². The summed E-state index contributed by atoms with van der Waals surface area (Å²) in [7, 11) is 0. The molecule has 2 heterocycles. The number of ether oxygens (including phenoxy) is 1. The third kappa shape index (κ3) is 2.96. The van der Waals surface area contributed by atoms with Crippen molar-refractivity contribution < 1.29 is 22.4 Å². The second kappa shape index (κ2) is 5.99. The molecule has 23 heavy (non-hydrogen) atoms. The first-order valence-electron chi connectivity index (χ1n) is 6.48. The molecule has 0 amide bonds. The number of nitrogen functional groups attached to an aromatic ring is 1. The van der Waals surface area contributed by atoms with E-state index < -0.39 is 23.2 Å². The van der Waals surface area contributed by atoms with Gasteiger partial charge in [-0.25, -0.2) is 13.8 Å². The maximum Gasteiger partial charge on any atom is 0.200 e. The topological polar surface area (TPSA) is 74.2 Å². The highest BCUT2D eigenvalue weighted by Crippen LogP contribution is 2.29. The number of nitrogens with two attached hydrogens (primary N) is 1. The molecule has 3 rings (SSSR count). The molecule has 0 radical (unpaired) electrons. The molecule has 0 unspecified atom stereocenters. The van der Waals surface area contributed by atoms with Crippen molar-refractivity contribution in [1.29, 1.82) is 0 Å². The van der Waals surface area contributed by atoms with Gasteiger partial charge in [0, 0.05) is 18.3 Å². The third-order valence-corrected chi connectivity index (χ3v) is 3.07. The molecule has 5 nitrogen and oxygen atoms in total. The van der Waals surface area contributed by atoms with Gasteiger partial charge in [-0.2, -0.15) is 4.39 Å². The molecule has 0 saturated heterocycles. The number of aromatic nitrogens is 2. The molecular formula is C15H10F3N3O2. The zero-order chi connectivity index (χ0) is 16.4. The summed E-state index contributed by atoms with van der Waals surface area (Å²) in [5.74, 6) is -3.59. The Balaban J connectivity index is 1.86. The molecule has 8 heteroatoms. The number of benzene rings is 1. The Morgan fingerprint density at radius 2 is 2.04 bits per heavy atom. The first-order valence-corrected chi connectivity index (χ1v) is 6.48. The number of rotatable bonds is 4. The van der Waals surface area contributed by atoms with Crippen LogP contribution in [0, 0.1) is 17.5 Å². The highest BCUT2D eigenvalue weighted by molar-refractivity contribution is 5.71. The fourth-order valence-electron chi connectivity index (χ4n) is 1.99. The highest BCUT2D eigenvalue weighted by Gasteiger charge is 2.17. The van der Waals surface area contributed by atoms with Crippen molar-refractivity contribution in [2.75, 3.05) is 5.73 Å². The van der Waals surface area contributed by atoms with E-state index >= 15 is 0 Å². The average Bonchev–Trinajstić information content (AvgIpc) is 2.98. The number of anilines is 1. The van der Waals surface area contributed by atoms with E-state index in [-0.39, 0.29) is 18.2 Å². The number of hydrogen-bond acceptors (Lipinski definition) is 5. The average molecular weight is 321 g/mol. The Labute approximate surface area is 128 Å². The fraction of sp³-hybridized carbons (Fsp3) is 0.0667. The van der Waals surface area contributed by atoms with E-state index in [1.54, 1.807) is 12.1 Å². The monoisotopic (exact) mass is 321 g/mol. The Bertz CT molecular complexity index is 852. The van der Waals surface area contributed by atoms with E-state index in [2.05, 4.69) is 10.1 Å². The van der Waals surface area contributed by atoms with Crippen molar-refractivity contribution in [1.82, 2.24) is 10.1 Å². The summed E-state index contributed by atoms with van der Waals surface area (Å²) >= 11 is 0. The Morgan fingerprint density at radius 1 is 1.22 bits per heavy atom. The summed E-state index contributed by atoms with van der Waals surface area (Å²) in [6.45, 7) is -0.215. The van der Waals surface area contributed by atoms with Gasteiger partial charge in [-0.15, -0.1) is 0 Å². The summed E-state index contributed by atoms with van der Waals surface area (Å²) < 4.78 is 50.1. The van der Waals surface area contributed by atoms with Crippen molar-refractivity contribution in [2.45, 2.75) is 6.61 Å². The van der Waals surface area contributed by atoms with E-state index in [0.29, 0.717) is 17.2 Å². The van der Waals surface area contributed by atoms with Gasteiger partial charge in [-0.1, -0.05) is 5.16 Å². The number of hydrogen-bond donors (Lipinski definition) is 1. The minimum Gasteiger partial charge on any atom is -0.485 e. The van der Waals surface area contributed by atoms with Gasteiger partial charge < -0.3 is 15.0 Å². The van der Waals surface area contributed by atoms with E-state index in [4.69, 9.17) is 15.0 Å². The molecule has 0 bridgehead atoms. The van der Waals surface area contributed by atoms with Crippen LogP contribution in [0.25, 0.3) is 11.3 Å². The van der Waals surface area contributed by atoms with E-state index in [9.17, 15) is 13.2 Å². The summed E-state index contributed by atoms with van der Waals surface area (Å²) in [6.07, 6.45) is 2.85. The van der Waals surface area contributed by atoms with Crippen LogP contribution in [0.1, 0.15) is 5.56 Å². The summed E-state index contributed by atoms with van der Waals surface area (Å²) in [5.41, 5.74) is 6.66. The van der Waals surface area contributed by atoms with Crippen LogP contribution in [0.2, 0.25) is 0 Å². The van der Waals surface area contributed by atoms with Crippen LogP contribution in [-0.2, 0) is 6.61 Å². The van der Waals surface area contributed by atoms with E-state index in [1.807, 2.05) is 0 Å². The molecular weight excluding hydrogens is 311 g/mol. The van der Waals surface area contributed by atoms with Crippen molar-refractivity contribution in [3.05, 3.63) is 59.7 Å². The summed E-state index contributed by atoms with van der Waals surface area (Å²) in [5, 5.41) is 3.63. The lowest BCUT2D eigenvalue weighted by Crippen LogP contribution is -2.01. The van der Waals surface area contributed by atoms with Crippen LogP contribution in [0.4, 0.5) is 19.0 Å². The quantitative estimate of drug-likeness (QED) is 0.746. The summed E-state index contributed by atoms with van der Waals surface area (Å²) in [4.78, 5) is 3.92. The third-order valence-electron chi connectivity index (χ3n) is 3.07. The highest BCUT2D eigenvalue weighted by atomic mass is 19.2. The molecule has 0 saturated carbocycles. The van der Waals surface area contributed by atoms with Crippen molar-refractivity contribution in [2.24, 2.45) is 0 Å². The molecule has 2 N–H and O–H groups in total. The molecule has 0 aliphatic carbocycles. The number of pyridine rings is 1. The van der Waals surface area contributed by atoms with Gasteiger partial charge in [0.05, 0.1) is 17.3 Å². The standard InChI is InChI=1S/C15H10F3N3O2/c16-9-4-11(17)13(18)12(5-9)22-7-8-6-21-23-14(8)10-2-1-3-20-15(10)19/h1-6H,7H2,(H2,19,20). The lowest BCUT2D eigenvalue weighted by Gasteiger charge is -2.08. The Morgan fingerprint density at radius 3 is 2.83 bits per heavy atom. The fourth-order valence-corrected chi connectivity index (χ4v) is 1.99. The van der Waals surface area contributed by atoms with Gasteiger partial charge in [0.1, 0.15) is 18.2 Å².